The van der Waals surface area contributed by atoms with Gasteiger partial charge in [0.2, 0.25) is 0 Å². The van der Waals surface area contributed by atoms with Crippen LogP contribution in [0.15, 0.2) is 39.7 Å². The van der Waals surface area contributed by atoms with Gasteiger partial charge in [0, 0.05) is 4.47 Å². The Bertz CT molecular complexity index is 812. The molecule has 2 aromatic rings. The van der Waals surface area contributed by atoms with E-state index in [1.54, 1.807) is 19.1 Å². The molecule has 0 aromatic heterocycles. The average molecular weight is 413 g/mol. The quantitative estimate of drug-likeness (QED) is 0.770. The van der Waals surface area contributed by atoms with Gasteiger partial charge in [-0.3, -0.25) is 4.72 Å². The molecule has 21 heavy (non-hydrogen) atoms. The molecule has 2 rings (SSSR count). The molecule has 0 spiro atoms. The van der Waals surface area contributed by atoms with Gasteiger partial charge < -0.3 is 0 Å². The summed E-state index contributed by atoms with van der Waals surface area (Å²) in [4.78, 5) is -0.113. The van der Waals surface area contributed by atoms with Gasteiger partial charge in [-0.1, -0.05) is 29.3 Å². The highest BCUT2D eigenvalue weighted by Crippen LogP contribution is 2.35. The normalized spacial score (nSPS) is 11.5. The first-order chi connectivity index (χ1) is 9.72. The first kappa shape index (κ1) is 16.5. The number of anilines is 1. The molecular formula is C13H9BrCl2FNO2S. The highest BCUT2D eigenvalue weighted by molar-refractivity contribution is 9.10. The second kappa shape index (κ2) is 6.12. The molecule has 0 radical (unpaired) electrons. The highest BCUT2D eigenvalue weighted by Gasteiger charge is 2.21. The van der Waals surface area contributed by atoms with Crippen molar-refractivity contribution < 1.29 is 12.8 Å². The van der Waals surface area contributed by atoms with Gasteiger partial charge in [-0.25, -0.2) is 12.8 Å². The van der Waals surface area contributed by atoms with Crippen LogP contribution in [0.25, 0.3) is 0 Å². The van der Waals surface area contributed by atoms with E-state index in [-0.39, 0.29) is 25.1 Å². The first-order valence-electron chi connectivity index (χ1n) is 5.65. The van der Waals surface area contributed by atoms with Crippen molar-refractivity contribution in [2.24, 2.45) is 0 Å². The summed E-state index contributed by atoms with van der Waals surface area (Å²) in [5.74, 6) is -0.549. The Kier molecular flexibility index (Phi) is 4.82. The fraction of sp³-hybridized carbons (Fsp3) is 0.0769. The van der Waals surface area contributed by atoms with Gasteiger partial charge >= 0.3 is 0 Å². The maximum atomic E-state index is 13.1. The van der Waals surface area contributed by atoms with Crippen molar-refractivity contribution in [3.05, 3.63) is 56.2 Å². The molecule has 0 aliphatic rings. The Hall–Kier alpha value is -0.820. The maximum absolute atomic E-state index is 13.1. The van der Waals surface area contributed by atoms with Crippen LogP contribution in [0.5, 0.6) is 0 Å². The number of halogens is 4. The number of aryl methyl sites for hydroxylation is 1. The smallest absolute Gasteiger partial charge is 0.263 e. The van der Waals surface area contributed by atoms with E-state index in [2.05, 4.69) is 20.7 Å². The summed E-state index contributed by atoms with van der Waals surface area (Å²) in [6, 6.07) is 6.49. The summed E-state index contributed by atoms with van der Waals surface area (Å²) < 4.78 is 40.2. The SMILES string of the molecule is Cc1ccc(Cl)c(NS(=O)(=O)c2ccc(F)cc2Br)c1Cl. The standard InChI is InChI=1S/C13H9BrCl2FNO2S/c1-7-2-4-10(15)13(12(7)16)18-21(19,20)11-5-3-8(17)6-9(11)14/h2-6,18H,1H3. The lowest BCUT2D eigenvalue weighted by Gasteiger charge is -2.13. The topological polar surface area (TPSA) is 46.2 Å². The van der Waals surface area contributed by atoms with Crippen molar-refractivity contribution in [3.8, 4) is 0 Å². The molecule has 0 atom stereocenters. The van der Waals surface area contributed by atoms with E-state index in [1.165, 1.54) is 0 Å². The van der Waals surface area contributed by atoms with Crippen LogP contribution >= 0.6 is 39.1 Å². The second-order valence-electron chi connectivity index (χ2n) is 4.23. The molecule has 0 saturated heterocycles. The van der Waals surface area contributed by atoms with Crippen LogP contribution in [0.4, 0.5) is 10.1 Å². The summed E-state index contributed by atoms with van der Waals surface area (Å²) >= 11 is 15.1. The average Bonchev–Trinajstić information content (AvgIpc) is 2.39. The summed E-state index contributed by atoms with van der Waals surface area (Å²) in [5, 5.41) is 0.386. The molecule has 8 heteroatoms. The second-order valence-corrected chi connectivity index (χ2v) is 7.52. The van der Waals surface area contributed by atoms with Gasteiger partial charge in [-0.2, -0.15) is 0 Å². The van der Waals surface area contributed by atoms with Gasteiger partial charge in [-0.15, -0.1) is 0 Å². The van der Waals surface area contributed by atoms with E-state index in [0.29, 0.717) is 5.56 Å². The van der Waals surface area contributed by atoms with Crippen molar-refractivity contribution >= 4 is 54.8 Å². The lowest BCUT2D eigenvalue weighted by molar-refractivity contribution is 0.599. The molecular weight excluding hydrogens is 404 g/mol. The molecule has 0 unspecified atom stereocenters. The number of rotatable bonds is 3. The summed E-state index contributed by atoms with van der Waals surface area (Å²) in [6.07, 6.45) is 0. The van der Waals surface area contributed by atoms with E-state index in [1.807, 2.05) is 0 Å². The maximum Gasteiger partial charge on any atom is 0.263 e. The molecule has 0 aliphatic heterocycles. The molecule has 1 N–H and O–H groups in total. The van der Waals surface area contributed by atoms with Gasteiger partial charge in [0.25, 0.3) is 10.0 Å². The van der Waals surface area contributed by atoms with Gasteiger partial charge in [0.15, 0.2) is 0 Å². The van der Waals surface area contributed by atoms with Crippen molar-refractivity contribution in [3.63, 3.8) is 0 Å². The van der Waals surface area contributed by atoms with Crippen LogP contribution in [-0.2, 0) is 10.0 Å². The Morgan fingerprint density at radius 1 is 1.19 bits per heavy atom. The molecule has 0 saturated carbocycles. The van der Waals surface area contributed by atoms with Crippen molar-refractivity contribution in [1.29, 1.82) is 0 Å². The van der Waals surface area contributed by atoms with Crippen LogP contribution in [0.2, 0.25) is 10.0 Å². The minimum Gasteiger partial charge on any atom is -0.277 e. The largest absolute Gasteiger partial charge is 0.277 e. The third-order valence-electron chi connectivity index (χ3n) is 2.70. The number of hydrogen-bond donors (Lipinski definition) is 1. The molecule has 0 aliphatic carbocycles. The molecule has 112 valence electrons. The van der Waals surface area contributed by atoms with Crippen molar-refractivity contribution in [1.82, 2.24) is 0 Å². The summed E-state index contributed by atoms with van der Waals surface area (Å²) in [6.45, 7) is 1.73. The minimum atomic E-state index is -3.95. The van der Waals surface area contributed by atoms with E-state index >= 15 is 0 Å². The van der Waals surface area contributed by atoms with Crippen LogP contribution in [-0.4, -0.2) is 8.42 Å². The van der Waals surface area contributed by atoms with E-state index < -0.39 is 15.8 Å². The highest BCUT2D eigenvalue weighted by atomic mass is 79.9. The Morgan fingerprint density at radius 3 is 2.48 bits per heavy atom. The zero-order valence-corrected chi connectivity index (χ0v) is 14.5. The van der Waals surface area contributed by atoms with Crippen LogP contribution < -0.4 is 4.72 Å². The predicted octanol–water partition coefficient (Wildman–Crippen LogP) is 5.00. The lowest BCUT2D eigenvalue weighted by Crippen LogP contribution is -2.14. The van der Waals surface area contributed by atoms with E-state index in [4.69, 9.17) is 23.2 Å². The van der Waals surface area contributed by atoms with E-state index in [0.717, 1.165) is 18.2 Å². The van der Waals surface area contributed by atoms with E-state index in [9.17, 15) is 12.8 Å². The van der Waals surface area contributed by atoms with Crippen LogP contribution in [0.1, 0.15) is 5.56 Å². The zero-order valence-electron chi connectivity index (χ0n) is 10.6. The Balaban J connectivity index is 2.50. The number of hydrogen-bond acceptors (Lipinski definition) is 2. The fourth-order valence-electron chi connectivity index (χ4n) is 1.63. The number of benzene rings is 2. The number of nitrogens with one attached hydrogen (secondary N) is 1. The van der Waals surface area contributed by atoms with Gasteiger partial charge in [-0.05, 0) is 52.7 Å². The summed E-state index contributed by atoms with van der Waals surface area (Å²) in [5.41, 5.74) is 0.770. The summed E-state index contributed by atoms with van der Waals surface area (Å²) in [7, 11) is -3.95. The third-order valence-corrected chi connectivity index (χ3v) is 5.83. The molecule has 0 amide bonds. The monoisotopic (exact) mass is 411 g/mol. The molecule has 2 aromatic carbocycles. The third kappa shape index (κ3) is 3.51. The number of sulfonamides is 1. The lowest BCUT2D eigenvalue weighted by atomic mass is 10.2. The van der Waals surface area contributed by atoms with Crippen LogP contribution in [0.3, 0.4) is 0 Å². The van der Waals surface area contributed by atoms with Crippen molar-refractivity contribution in [2.75, 3.05) is 4.72 Å². The molecule has 0 heterocycles. The Labute approximate surface area is 140 Å². The van der Waals surface area contributed by atoms with Gasteiger partial charge in [0.1, 0.15) is 10.7 Å². The molecule has 0 bridgehead atoms. The van der Waals surface area contributed by atoms with Crippen LogP contribution in [0, 0.1) is 12.7 Å². The molecule has 3 nitrogen and oxygen atoms in total. The van der Waals surface area contributed by atoms with Crippen molar-refractivity contribution in [2.45, 2.75) is 11.8 Å². The van der Waals surface area contributed by atoms with Gasteiger partial charge in [0.05, 0.1) is 15.7 Å². The molecule has 0 fully saturated rings. The zero-order chi connectivity index (χ0) is 15.8. The minimum absolute atomic E-state index is 0.0922. The fourth-order valence-corrected chi connectivity index (χ4v) is 4.35. The first-order valence-corrected chi connectivity index (χ1v) is 8.68. The predicted molar refractivity (Wildman–Crippen MR) is 86.1 cm³/mol. The Morgan fingerprint density at radius 2 is 1.86 bits per heavy atom.